The summed E-state index contributed by atoms with van der Waals surface area (Å²) in [4.78, 5) is 12.0. The standard InChI is InChI=1S/C16H18ClN3O2/c1-2-7-22-14-4-3-11(8-12(14)17)9-13(19)15(21)20-16(10-18)5-6-16/h2-4,8,13H,1,5-7,9,19H2,(H,20,21). The van der Waals surface area contributed by atoms with E-state index in [0.29, 0.717) is 36.6 Å². The molecule has 1 unspecified atom stereocenters. The van der Waals surface area contributed by atoms with Crippen LogP contribution < -0.4 is 15.8 Å². The van der Waals surface area contributed by atoms with Gasteiger partial charge in [0.05, 0.1) is 17.1 Å². The number of nitrogens with one attached hydrogen (secondary N) is 1. The molecule has 0 aliphatic heterocycles. The molecule has 1 fully saturated rings. The van der Waals surface area contributed by atoms with Crippen LogP contribution in [-0.4, -0.2) is 24.1 Å². The molecule has 116 valence electrons. The fourth-order valence-electron chi connectivity index (χ4n) is 2.00. The van der Waals surface area contributed by atoms with Gasteiger partial charge in [-0.1, -0.05) is 30.3 Å². The molecule has 1 atom stereocenters. The van der Waals surface area contributed by atoms with Gasteiger partial charge < -0.3 is 15.8 Å². The summed E-state index contributed by atoms with van der Waals surface area (Å²) in [7, 11) is 0. The van der Waals surface area contributed by atoms with Gasteiger partial charge in [0.1, 0.15) is 17.9 Å². The molecule has 22 heavy (non-hydrogen) atoms. The first kappa shape index (κ1) is 16.3. The number of nitrogens with zero attached hydrogens (tertiary/aromatic N) is 1. The number of nitriles is 1. The van der Waals surface area contributed by atoms with Gasteiger partial charge in [-0.15, -0.1) is 0 Å². The maximum Gasteiger partial charge on any atom is 0.238 e. The van der Waals surface area contributed by atoms with Crippen LogP contribution in [0.1, 0.15) is 18.4 Å². The molecule has 1 amide bonds. The number of ether oxygens (including phenoxy) is 1. The van der Waals surface area contributed by atoms with Crippen LogP contribution in [0.2, 0.25) is 5.02 Å². The fraction of sp³-hybridized carbons (Fsp3) is 0.375. The Bertz CT molecular complexity index is 620. The highest BCUT2D eigenvalue weighted by atomic mass is 35.5. The second-order valence-electron chi connectivity index (χ2n) is 5.36. The van der Waals surface area contributed by atoms with E-state index in [4.69, 9.17) is 27.3 Å². The van der Waals surface area contributed by atoms with E-state index >= 15 is 0 Å². The van der Waals surface area contributed by atoms with Crippen LogP contribution in [0.15, 0.2) is 30.9 Å². The molecule has 3 N–H and O–H groups in total. The number of hydrogen-bond acceptors (Lipinski definition) is 4. The molecule has 0 spiro atoms. The quantitative estimate of drug-likeness (QED) is 0.752. The molecule has 6 heteroatoms. The highest BCUT2D eigenvalue weighted by Gasteiger charge is 2.45. The van der Waals surface area contributed by atoms with E-state index in [1.165, 1.54) is 0 Å². The van der Waals surface area contributed by atoms with Crippen molar-refractivity contribution >= 4 is 17.5 Å². The lowest BCUT2D eigenvalue weighted by atomic mass is 10.1. The number of benzene rings is 1. The summed E-state index contributed by atoms with van der Waals surface area (Å²) >= 11 is 6.12. The summed E-state index contributed by atoms with van der Waals surface area (Å²) in [6, 6.07) is 6.66. The maximum absolute atomic E-state index is 12.0. The van der Waals surface area contributed by atoms with Crippen molar-refractivity contribution < 1.29 is 9.53 Å². The number of nitrogens with two attached hydrogens (primary N) is 1. The molecule has 0 bridgehead atoms. The zero-order chi connectivity index (χ0) is 16.2. The van der Waals surface area contributed by atoms with Gasteiger partial charge in [0.25, 0.3) is 0 Å². The van der Waals surface area contributed by atoms with Crippen molar-refractivity contribution in [3.05, 3.63) is 41.4 Å². The minimum Gasteiger partial charge on any atom is -0.488 e. The van der Waals surface area contributed by atoms with Crippen LogP contribution in [-0.2, 0) is 11.2 Å². The summed E-state index contributed by atoms with van der Waals surface area (Å²) in [6.07, 6.45) is 3.34. The second-order valence-corrected chi connectivity index (χ2v) is 5.77. The molecule has 1 aliphatic carbocycles. The fourth-order valence-corrected chi connectivity index (χ4v) is 2.26. The molecule has 0 saturated heterocycles. The van der Waals surface area contributed by atoms with Crippen LogP contribution in [0.5, 0.6) is 5.75 Å². The molecule has 0 radical (unpaired) electrons. The summed E-state index contributed by atoms with van der Waals surface area (Å²) in [5.74, 6) is 0.243. The Labute approximate surface area is 134 Å². The average Bonchev–Trinajstić information content (AvgIpc) is 3.26. The smallest absolute Gasteiger partial charge is 0.238 e. The highest BCUT2D eigenvalue weighted by molar-refractivity contribution is 6.32. The van der Waals surface area contributed by atoms with Crippen LogP contribution in [0.3, 0.4) is 0 Å². The zero-order valence-electron chi connectivity index (χ0n) is 12.1. The van der Waals surface area contributed by atoms with Crippen molar-refractivity contribution in [3.8, 4) is 11.8 Å². The first-order valence-corrected chi connectivity index (χ1v) is 7.38. The van der Waals surface area contributed by atoms with Crippen LogP contribution >= 0.6 is 11.6 Å². The molecular weight excluding hydrogens is 302 g/mol. The third-order valence-electron chi connectivity index (χ3n) is 3.47. The van der Waals surface area contributed by atoms with E-state index in [1.54, 1.807) is 18.2 Å². The van der Waals surface area contributed by atoms with E-state index in [-0.39, 0.29) is 5.91 Å². The molecule has 1 aromatic carbocycles. The third kappa shape index (κ3) is 4.00. The predicted octanol–water partition coefficient (Wildman–Crippen LogP) is 1.95. The van der Waals surface area contributed by atoms with Crippen molar-refractivity contribution in [2.45, 2.75) is 30.8 Å². The largest absolute Gasteiger partial charge is 0.488 e. The van der Waals surface area contributed by atoms with Gasteiger partial charge >= 0.3 is 0 Å². The normalized spacial score (nSPS) is 16.2. The first-order valence-electron chi connectivity index (χ1n) is 7.00. The van der Waals surface area contributed by atoms with Crippen molar-refractivity contribution in [1.29, 1.82) is 5.26 Å². The molecular formula is C16H18ClN3O2. The molecule has 0 heterocycles. The molecule has 0 aromatic heterocycles. The van der Waals surface area contributed by atoms with Crippen molar-refractivity contribution in [1.82, 2.24) is 5.32 Å². The van der Waals surface area contributed by atoms with Crippen molar-refractivity contribution in [2.75, 3.05) is 6.61 Å². The minimum absolute atomic E-state index is 0.317. The Morgan fingerprint density at radius 3 is 2.91 bits per heavy atom. The van der Waals surface area contributed by atoms with E-state index < -0.39 is 11.6 Å². The number of carbonyl (C=O) groups excluding carboxylic acids is 1. The zero-order valence-corrected chi connectivity index (χ0v) is 12.9. The van der Waals surface area contributed by atoms with E-state index in [2.05, 4.69) is 18.0 Å². The molecule has 1 aromatic rings. The SMILES string of the molecule is C=CCOc1ccc(CC(N)C(=O)NC2(C#N)CC2)cc1Cl. The summed E-state index contributed by atoms with van der Waals surface area (Å²) in [5, 5.41) is 12.1. The number of hydrogen-bond donors (Lipinski definition) is 2. The summed E-state index contributed by atoms with van der Waals surface area (Å²) in [6.45, 7) is 3.94. The van der Waals surface area contributed by atoms with Gasteiger partial charge in [-0.25, -0.2) is 0 Å². The van der Waals surface area contributed by atoms with Crippen molar-refractivity contribution in [3.63, 3.8) is 0 Å². The minimum atomic E-state index is -0.721. The molecule has 1 aliphatic rings. The van der Waals surface area contributed by atoms with Gasteiger partial charge in [-0.05, 0) is 37.0 Å². The predicted molar refractivity (Wildman–Crippen MR) is 84.5 cm³/mol. The Hall–Kier alpha value is -2.03. The number of carbonyl (C=O) groups is 1. The van der Waals surface area contributed by atoms with E-state index in [0.717, 1.165) is 5.56 Å². The van der Waals surface area contributed by atoms with Gasteiger partial charge in [0.15, 0.2) is 0 Å². The Balaban J connectivity index is 1.95. The van der Waals surface area contributed by atoms with E-state index in [1.807, 2.05) is 6.07 Å². The summed E-state index contributed by atoms with van der Waals surface area (Å²) < 4.78 is 5.39. The van der Waals surface area contributed by atoms with E-state index in [9.17, 15) is 4.79 Å². The average molecular weight is 320 g/mol. The van der Waals surface area contributed by atoms with Gasteiger partial charge in [0.2, 0.25) is 5.91 Å². The van der Waals surface area contributed by atoms with Crippen molar-refractivity contribution in [2.24, 2.45) is 5.73 Å². The highest BCUT2D eigenvalue weighted by Crippen LogP contribution is 2.34. The van der Waals surface area contributed by atoms with Crippen LogP contribution in [0, 0.1) is 11.3 Å². The topological polar surface area (TPSA) is 88.1 Å². The Kier molecular flexibility index (Phi) is 5.07. The van der Waals surface area contributed by atoms with Gasteiger partial charge in [-0.2, -0.15) is 5.26 Å². The molecule has 1 saturated carbocycles. The van der Waals surface area contributed by atoms with Gasteiger partial charge in [0, 0.05) is 0 Å². The lowest BCUT2D eigenvalue weighted by molar-refractivity contribution is -0.122. The Morgan fingerprint density at radius 2 is 2.36 bits per heavy atom. The monoisotopic (exact) mass is 319 g/mol. The van der Waals surface area contributed by atoms with Crippen LogP contribution in [0.25, 0.3) is 0 Å². The number of rotatable bonds is 7. The lowest BCUT2D eigenvalue weighted by Crippen LogP contribution is -2.47. The Morgan fingerprint density at radius 1 is 1.64 bits per heavy atom. The number of amides is 1. The summed E-state index contributed by atoms with van der Waals surface area (Å²) in [5.41, 5.74) is 6.03. The molecule has 5 nitrogen and oxygen atoms in total. The molecule has 2 rings (SSSR count). The number of halogens is 1. The lowest BCUT2D eigenvalue weighted by Gasteiger charge is -2.15. The third-order valence-corrected chi connectivity index (χ3v) is 3.77. The maximum atomic E-state index is 12.0. The first-order chi connectivity index (χ1) is 10.5. The second kappa shape index (κ2) is 6.82. The van der Waals surface area contributed by atoms with Gasteiger partial charge in [-0.3, -0.25) is 4.79 Å². The van der Waals surface area contributed by atoms with Crippen LogP contribution in [0.4, 0.5) is 0 Å².